The third-order valence-electron chi connectivity index (χ3n) is 5.57. The lowest BCUT2D eigenvalue weighted by Crippen LogP contribution is -2.24. The van der Waals surface area contributed by atoms with E-state index in [1.165, 1.54) is 12.1 Å². The summed E-state index contributed by atoms with van der Waals surface area (Å²) in [6.45, 7) is 2.26. The summed E-state index contributed by atoms with van der Waals surface area (Å²) in [7, 11) is 0. The molecule has 0 amide bonds. The topological polar surface area (TPSA) is 44.1 Å². The molecule has 5 heteroatoms. The van der Waals surface area contributed by atoms with Crippen LogP contribution in [-0.4, -0.2) is 9.55 Å². The first-order valence-electron chi connectivity index (χ1n) is 10.7. The Kier molecular flexibility index (Phi) is 5.45. The third-order valence-corrected chi connectivity index (χ3v) is 5.57. The minimum absolute atomic E-state index is 0.130. The summed E-state index contributed by atoms with van der Waals surface area (Å²) in [5.74, 6) is 1.30. The second-order valence-corrected chi connectivity index (χ2v) is 7.85. The van der Waals surface area contributed by atoms with Gasteiger partial charge >= 0.3 is 0 Å². The summed E-state index contributed by atoms with van der Waals surface area (Å²) in [5, 5.41) is 0.473. The minimum atomic E-state index is -0.333. The second kappa shape index (κ2) is 8.71. The lowest BCUT2D eigenvalue weighted by molar-refractivity contribution is 0.481. The maximum atomic E-state index is 13.3. The normalized spacial score (nSPS) is 11.0. The van der Waals surface area contributed by atoms with Gasteiger partial charge in [0.1, 0.15) is 23.1 Å². The number of benzene rings is 4. The number of nitrogens with zero attached hydrogens (tertiary/aromatic N) is 2. The van der Waals surface area contributed by atoms with Gasteiger partial charge in [-0.1, -0.05) is 54.6 Å². The number of aromatic nitrogens is 2. The van der Waals surface area contributed by atoms with Crippen LogP contribution in [0.5, 0.6) is 11.5 Å². The van der Waals surface area contributed by atoms with E-state index >= 15 is 0 Å². The SMILES string of the molecule is Cc1nc2ccc(Oc3ccc(F)cc3)cc2c(=O)n1Cc1ccc(-c2ccccc2)cc1. The molecule has 0 aliphatic carbocycles. The standard InChI is InChI=1S/C28H21FN2O2/c1-19-30-27-16-15-25(33-24-13-11-23(29)12-14-24)17-26(27)28(32)31(19)18-20-7-9-22(10-8-20)21-5-3-2-4-6-21/h2-17H,18H2,1H3. The van der Waals surface area contributed by atoms with Crippen LogP contribution in [-0.2, 0) is 6.54 Å². The van der Waals surface area contributed by atoms with Crippen molar-refractivity contribution >= 4 is 10.9 Å². The van der Waals surface area contributed by atoms with Crippen LogP contribution >= 0.6 is 0 Å². The van der Waals surface area contributed by atoms with E-state index in [4.69, 9.17) is 4.74 Å². The lowest BCUT2D eigenvalue weighted by Gasteiger charge is -2.12. The first-order valence-corrected chi connectivity index (χ1v) is 10.7. The van der Waals surface area contributed by atoms with Crippen molar-refractivity contribution in [2.75, 3.05) is 0 Å². The van der Waals surface area contributed by atoms with Crippen molar-refractivity contribution in [3.63, 3.8) is 0 Å². The molecule has 1 heterocycles. The average Bonchev–Trinajstić information content (AvgIpc) is 2.84. The molecule has 1 aromatic heterocycles. The highest BCUT2D eigenvalue weighted by Crippen LogP contribution is 2.24. The molecule has 0 fully saturated rings. The van der Waals surface area contributed by atoms with Gasteiger partial charge < -0.3 is 4.74 Å². The summed E-state index contributed by atoms with van der Waals surface area (Å²) >= 11 is 0. The number of halogens is 1. The zero-order valence-corrected chi connectivity index (χ0v) is 18.0. The van der Waals surface area contributed by atoms with E-state index in [0.717, 1.165) is 16.7 Å². The Hall–Kier alpha value is -4.25. The average molecular weight is 436 g/mol. The van der Waals surface area contributed by atoms with Gasteiger partial charge in [-0.15, -0.1) is 0 Å². The zero-order chi connectivity index (χ0) is 22.8. The van der Waals surface area contributed by atoms with E-state index in [0.29, 0.717) is 34.8 Å². The van der Waals surface area contributed by atoms with Gasteiger partial charge in [0.25, 0.3) is 5.56 Å². The van der Waals surface area contributed by atoms with Crippen LogP contribution in [0.1, 0.15) is 11.4 Å². The van der Waals surface area contributed by atoms with Gasteiger partial charge in [0.2, 0.25) is 0 Å². The van der Waals surface area contributed by atoms with E-state index < -0.39 is 0 Å². The predicted octanol–water partition coefficient (Wildman–Crippen LogP) is 6.35. The van der Waals surface area contributed by atoms with E-state index in [-0.39, 0.29) is 11.4 Å². The molecule has 0 aliphatic rings. The van der Waals surface area contributed by atoms with E-state index in [1.54, 1.807) is 34.9 Å². The summed E-state index contributed by atoms with van der Waals surface area (Å²) in [4.78, 5) is 17.9. The minimum Gasteiger partial charge on any atom is -0.457 e. The first kappa shape index (κ1) is 20.6. The number of aryl methyl sites for hydroxylation is 1. The van der Waals surface area contributed by atoms with Crippen molar-refractivity contribution in [1.29, 1.82) is 0 Å². The Labute approximate surface area is 190 Å². The van der Waals surface area contributed by atoms with E-state index in [1.807, 2.05) is 37.3 Å². The molecular weight excluding hydrogens is 415 g/mol. The highest BCUT2D eigenvalue weighted by Gasteiger charge is 2.11. The van der Waals surface area contributed by atoms with Gasteiger partial charge in [-0.25, -0.2) is 9.37 Å². The van der Waals surface area contributed by atoms with Gasteiger partial charge in [-0.05, 0) is 66.1 Å². The molecule has 0 aliphatic heterocycles. The Morgan fingerprint density at radius 3 is 2.21 bits per heavy atom. The highest BCUT2D eigenvalue weighted by molar-refractivity contribution is 5.79. The Morgan fingerprint density at radius 1 is 0.818 bits per heavy atom. The molecule has 33 heavy (non-hydrogen) atoms. The van der Waals surface area contributed by atoms with E-state index in [9.17, 15) is 9.18 Å². The maximum absolute atomic E-state index is 13.3. The van der Waals surface area contributed by atoms with Gasteiger partial charge in [-0.3, -0.25) is 9.36 Å². The van der Waals surface area contributed by atoms with Crippen LogP contribution in [0.3, 0.4) is 0 Å². The summed E-state index contributed by atoms with van der Waals surface area (Å²) in [5.41, 5.74) is 3.77. The molecule has 5 rings (SSSR count). The molecule has 0 saturated heterocycles. The molecule has 0 unspecified atom stereocenters. The zero-order valence-electron chi connectivity index (χ0n) is 18.0. The molecular formula is C28H21FN2O2. The molecule has 0 atom stereocenters. The van der Waals surface area contributed by atoms with Crippen molar-refractivity contribution in [3.05, 3.63) is 125 Å². The Morgan fingerprint density at radius 2 is 1.48 bits per heavy atom. The van der Waals surface area contributed by atoms with Gasteiger partial charge in [-0.2, -0.15) is 0 Å². The number of rotatable bonds is 5. The van der Waals surface area contributed by atoms with Gasteiger partial charge in [0.15, 0.2) is 0 Å². The fourth-order valence-corrected chi connectivity index (χ4v) is 3.82. The molecule has 4 aromatic carbocycles. The van der Waals surface area contributed by atoms with Crippen LogP contribution in [0.25, 0.3) is 22.0 Å². The molecule has 4 nitrogen and oxygen atoms in total. The van der Waals surface area contributed by atoms with Crippen LogP contribution < -0.4 is 10.3 Å². The monoisotopic (exact) mass is 436 g/mol. The molecule has 0 N–H and O–H groups in total. The number of hydrogen-bond donors (Lipinski definition) is 0. The molecule has 5 aromatic rings. The quantitative estimate of drug-likeness (QED) is 0.322. The van der Waals surface area contributed by atoms with Crippen LogP contribution in [0.15, 0.2) is 102 Å². The van der Waals surface area contributed by atoms with Crippen molar-refractivity contribution in [2.45, 2.75) is 13.5 Å². The highest BCUT2D eigenvalue weighted by atomic mass is 19.1. The van der Waals surface area contributed by atoms with Crippen molar-refractivity contribution < 1.29 is 9.13 Å². The first-order chi connectivity index (χ1) is 16.1. The number of fused-ring (bicyclic) bond motifs is 1. The largest absolute Gasteiger partial charge is 0.457 e. The Bertz CT molecular complexity index is 1480. The van der Waals surface area contributed by atoms with Crippen LogP contribution in [0.2, 0.25) is 0 Å². The van der Waals surface area contributed by atoms with Gasteiger partial charge in [0.05, 0.1) is 17.4 Å². The summed E-state index contributed by atoms with van der Waals surface area (Å²) in [6.07, 6.45) is 0. The van der Waals surface area contributed by atoms with Crippen molar-refractivity contribution in [3.8, 4) is 22.6 Å². The fraction of sp³-hybridized carbons (Fsp3) is 0.0714. The second-order valence-electron chi connectivity index (χ2n) is 7.85. The molecule has 162 valence electrons. The summed E-state index contributed by atoms with van der Waals surface area (Å²) in [6, 6.07) is 29.3. The van der Waals surface area contributed by atoms with Crippen molar-refractivity contribution in [2.24, 2.45) is 0 Å². The van der Waals surface area contributed by atoms with Gasteiger partial charge in [0, 0.05) is 0 Å². The third kappa shape index (κ3) is 4.39. The molecule has 0 saturated carbocycles. The lowest BCUT2D eigenvalue weighted by atomic mass is 10.0. The predicted molar refractivity (Wildman–Crippen MR) is 128 cm³/mol. The molecule has 0 spiro atoms. The van der Waals surface area contributed by atoms with Crippen LogP contribution in [0, 0.1) is 12.7 Å². The number of hydrogen-bond acceptors (Lipinski definition) is 3. The smallest absolute Gasteiger partial charge is 0.261 e. The molecule has 0 bridgehead atoms. The van der Waals surface area contributed by atoms with Crippen molar-refractivity contribution in [1.82, 2.24) is 9.55 Å². The maximum Gasteiger partial charge on any atom is 0.261 e. The fourth-order valence-electron chi connectivity index (χ4n) is 3.82. The summed E-state index contributed by atoms with van der Waals surface area (Å²) < 4.78 is 20.6. The van der Waals surface area contributed by atoms with E-state index in [2.05, 4.69) is 29.2 Å². The number of ether oxygens (including phenoxy) is 1. The van der Waals surface area contributed by atoms with Crippen LogP contribution in [0.4, 0.5) is 4.39 Å². The Balaban J connectivity index is 1.45. The molecule has 0 radical (unpaired) electrons.